The molecule has 0 aliphatic carbocycles. The van der Waals surface area contributed by atoms with Gasteiger partial charge in [-0.15, -0.1) is 13.2 Å². The number of alkyl halides is 3. The number of nitrogens with zero attached hydrogens (tertiary/aromatic N) is 1. The number of nitrogens with one attached hydrogen (secondary N) is 1. The number of benzene rings is 1. The molecular formula is C18H17F3N2O3S. The van der Waals surface area contributed by atoms with Gasteiger partial charge in [0.25, 0.3) is 5.91 Å². The van der Waals surface area contributed by atoms with Crippen molar-refractivity contribution >= 4 is 17.7 Å². The number of hydrogen-bond acceptors (Lipinski definition) is 5. The summed E-state index contributed by atoms with van der Waals surface area (Å²) in [6.07, 6.45) is -2.15. The van der Waals surface area contributed by atoms with E-state index < -0.39 is 6.36 Å². The van der Waals surface area contributed by atoms with Crippen LogP contribution in [0.5, 0.6) is 11.6 Å². The van der Waals surface area contributed by atoms with Gasteiger partial charge in [0.05, 0.1) is 0 Å². The maximum atomic E-state index is 12.3. The van der Waals surface area contributed by atoms with Crippen LogP contribution in [0.4, 0.5) is 13.2 Å². The first-order valence-corrected chi connectivity index (χ1v) is 9.38. The fraction of sp³-hybridized carbons (Fsp3) is 0.333. The molecule has 1 amide bonds. The van der Waals surface area contributed by atoms with Gasteiger partial charge >= 0.3 is 6.36 Å². The fourth-order valence-corrected chi connectivity index (χ4v) is 3.58. The number of aromatic nitrogens is 1. The van der Waals surface area contributed by atoms with Gasteiger partial charge in [-0.3, -0.25) is 4.79 Å². The molecular weight excluding hydrogens is 381 g/mol. The number of rotatable bonds is 6. The van der Waals surface area contributed by atoms with Crippen LogP contribution in [-0.2, 0) is 6.54 Å². The SMILES string of the molecule is O=C(NCc1ccc(OC(F)(F)F)cc1)c1ccnc(O[C@@H]2CCSC2)c1. The molecule has 27 heavy (non-hydrogen) atoms. The topological polar surface area (TPSA) is 60.5 Å². The summed E-state index contributed by atoms with van der Waals surface area (Å²) in [5.74, 6) is 1.74. The monoisotopic (exact) mass is 398 g/mol. The quantitative estimate of drug-likeness (QED) is 0.802. The van der Waals surface area contributed by atoms with E-state index in [0.29, 0.717) is 17.0 Å². The van der Waals surface area contributed by atoms with Crippen molar-refractivity contribution in [1.29, 1.82) is 0 Å². The first kappa shape index (κ1) is 19.3. The summed E-state index contributed by atoms with van der Waals surface area (Å²) in [4.78, 5) is 16.4. The van der Waals surface area contributed by atoms with Crippen molar-refractivity contribution in [3.63, 3.8) is 0 Å². The van der Waals surface area contributed by atoms with Crippen molar-refractivity contribution in [1.82, 2.24) is 10.3 Å². The van der Waals surface area contributed by atoms with Crippen LogP contribution >= 0.6 is 11.8 Å². The number of ether oxygens (including phenoxy) is 2. The average molecular weight is 398 g/mol. The number of carbonyl (C=O) groups excluding carboxylic acids is 1. The van der Waals surface area contributed by atoms with Crippen molar-refractivity contribution in [2.75, 3.05) is 11.5 Å². The third-order valence-corrected chi connectivity index (χ3v) is 4.91. The molecule has 2 aromatic rings. The Kier molecular flexibility index (Phi) is 6.10. The van der Waals surface area contributed by atoms with Crippen molar-refractivity contribution in [3.8, 4) is 11.6 Å². The van der Waals surface area contributed by atoms with Gasteiger partial charge in [0.2, 0.25) is 5.88 Å². The lowest BCUT2D eigenvalue weighted by Gasteiger charge is -2.12. The number of halogens is 3. The summed E-state index contributed by atoms with van der Waals surface area (Å²) >= 11 is 1.82. The summed E-state index contributed by atoms with van der Waals surface area (Å²) in [7, 11) is 0. The third-order valence-electron chi connectivity index (χ3n) is 3.78. The summed E-state index contributed by atoms with van der Waals surface area (Å²) in [5, 5.41) is 2.71. The predicted molar refractivity (Wildman–Crippen MR) is 94.9 cm³/mol. The molecule has 9 heteroatoms. The fourth-order valence-electron chi connectivity index (χ4n) is 2.49. The molecule has 1 atom stereocenters. The van der Waals surface area contributed by atoms with Crippen LogP contribution in [0.25, 0.3) is 0 Å². The molecule has 0 radical (unpaired) electrons. The molecule has 5 nitrogen and oxygen atoms in total. The zero-order valence-corrected chi connectivity index (χ0v) is 15.0. The maximum absolute atomic E-state index is 12.3. The van der Waals surface area contributed by atoms with E-state index in [1.54, 1.807) is 12.1 Å². The van der Waals surface area contributed by atoms with Gasteiger partial charge in [-0.2, -0.15) is 11.8 Å². The summed E-state index contributed by atoms with van der Waals surface area (Å²) in [5.41, 5.74) is 1.05. The van der Waals surface area contributed by atoms with E-state index in [1.807, 2.05) is 11.8 Å². The van der Waals surface area contributed by atoms with E-state index in [2.05, 4.69) is 15.0 Å². The standard InChI is InChI=1S/C18H17F3N2O3S/c19-18(20,21)26-14-3-1-12(2-4-14)10-23-17(24)13-5-7-22-16(9-13)25-15-6-8-27-11-15/h1-5,7,9,15H,6,8,10-11H2,(H,23,24)/t15-/m1/s1. The first-order valence-electron chi connectivity index (χ1n) is 8.22. The summed E-state index contributed by atoms with van der Waals surface area (Å²) in [6.45, 7) is 0.170. The van der Waals surface area contributed by atoms with Crippen LogP contribution < -0.4 is 14.8 Å². The van der Waals surface area contributed by atoms with Gasteiger partial charge in [-0.05, 0) is 35.9 Å². The highest BCUT2D eigenvalue weighted by Gasteiger charge is 2.30. The van der Waals surface area contributed by atoms with Crippen LogP contribution in [0.2, 0.25) is 0 Å². The first-order chi connectivity index (χ1) is 12.9. The molecule has 1 N–H and O–H groups in total. The Morgan fingerprint density at radius 2 is 2.04 bits per heavy atom. The van der Waals surface area contributed by atoms with Crippen LogP contribution in [0, 0.1) is 0 Å². The number of carbonyl (C=O) groups is 1. The minimum absolute atomic E-state index is 0.109. The number of pyridine rings is 1. The number of thioether (sulfide) groups is 1. The lowest BCUT2D eigenvalue weighted by atomic mass is 10.2. The average Bonchev–Trinajstić information content (AvgIpc) is 3.13. The molecule has 1 saturated heterocycles. The maximum Gasteiger partial charge on any atom is 0.573 e. The summed E-state index contributed by atoms with van der Waals surface area (Å²) in [6, 6.07) is 8.48. The Bertz CT molecular complexity index is 778. The second kappa shape index (κ2) is 8.51. The Balaban J connectivity index is 1.54. The van der Waals surface area contributed by atoms with E-state index in [-0.39, 0.29) is 24.3 Å². The minimum atomic E-state index is -4.73. The van der Waals surface area contributed by atoms with E-state index in [1.165, 1.54) is 30.5 Å². The normalized spacial score (nSPS) is 16.8. The van der Waals surface area contributed by atoms with Crippen LogP contribution in [-0.4, -0.2) is 34.9 Å². The molecule has 0 unspecified atom stereocenters. The molecule has 1 fully saturated rings. The molecule has 3 rings (SSSR count). The van der Waals surface area contributed by atoms with Crippen LogP contribution in [0.1, 0.15) is 22.3 Å². The van der Waals surface area contributed by atoms with Crippen molar-refractivity contribution in [2.45, 2.75) is 25.4 Å². The highest BCUT2D eigenvalue weighted by molar-refractivity contribution is 7.99. The van der Waals surface area contributed by atoms with Crippen LogP contribution in [0.3, 0.4) is 0 Å². The predicted octanol–water partition coefficient (Wildman–Crippen LogP) is 3.79. The molecule has 2 heterocycles. The van der Waals surface area contributed by atoms with Gasteiger partial charge in [-0.1, -0.05) is 12.1 Å². The molecule has 0 bridgehead atoms. The van der Waals surface area contributed by atoms with Gasteiger partial charge in [0.15, 0.2) is 0 Å². The Hall–Kier alpha value is -2.42. The van der Waals surface area contributed by atoms with Crippen molar-refractivity contribution in [3.05, 3.63) is 53.7 Å². The molecule has 1 aromatic carbocycles. The number of amides is 1. The lowest BCUT2D eigenvalue weighted by molar-refractivity contribution is -0.274. The Morgan fingerprint density at radius 3 is 2.70 bits per heavy atom. The molecule has 1 aliphatic rings. The zero-order valence-electron chi connectivity index (χ0n) is 14.2. The smallest absolute Gasteiger partial charge is 0.473 e. The molecule has 0 spiro atoms. The summed E-state index contributed by atoms with van der Waals surface area (Å²) < 4.78 is 46.0. The second-order valence-corrected chi connectivity index (χ2v) is 7.01. The molecule has 1 aliphatic heterocycles. The van der Waals surface area contributed by atoms with E-state index >= 15 is 0 Å². The van der Waals surface area contributed by atoms with Gasteiger partial charge in [-0.25, -0.2) is 4.98 Å². The van der Waals surface area contributed by atoms with Gasteiger partial charge in [0, 0.05) is 30.1 Å². The molecule has 1 aromatic heterocycles. The van der Waals surface area contributed by atoms with Gasteiger partial charge in [0.1, 0.15) is 11.9 Å². The second-order valence-electron chi connectivity index (χ2n) is 5.86. The third kappa shape index (κ3) is 6.06. The lowest BCUT2D eigenvalue weighted by Crippen LogP contribution is -2.23. The highest BCUT2D eigenvalue weighted by Crippen LogP contribution is 2.23. The Morgan fingerprint density at radius 1 is 1.26 bits per heavy atom. The molecule has 144 valence electrons. The van der Waals surface area contributed by atoms with Gasteiger partial charge < -0.3 is 14.8 Å². The van der Waals surface area contributed by atoms with Crippen molar-refractivity contribution < 1.29 is 27.4 Å². The zero-order chi connectivity index (χ0) is 19.3. The highest BCUT2D eigenvalue weighted by atomic mass is 32.2. The van der Waals surface area contributed by atoms with Crippen molar-refractivity contribution in [2.24, 2.45) is 0 Å². The Labute approximate surface area is 158 Å². The van der Waals surface area contributed by atoms with Crippen LogP contribution in [0.15, 0.2) is 42.6 Å². The van der Waals surface area contributed by atoms with E-state index in [9.17, 15) is 18.0 Å². The van der Waals surface area contributed by atoms with E-state index in [0.717, 1.165) is 17.9 Å². The molecule has 0 saturated carbocycles. The number of hydrogen-bond donors (Lipinski definition) is 1. The minimum Gasteiger partial charge on any atom is -0.473 e. The largest absolute Gasteiger partial charge is 0.573 e. The van der Waals surface area contributed by atoms with E-state index in [4.69, 9.17) is 4.74 Å².